The van der Waals surface area contributed by atoms with Gasteiger partial charge < -0.3 is 9.97 Å². The number of hydrogen-bond donors (Lipinski definition) is 2. The second kappa shape index (κ2) is 4.43. The summed E-state index contributed by atoms with van der Waals surface area (Å²) in [6.45, 7) is 5.84. The molecule has 0 saturated heterocycles. The molecule has 106 valence electrons. The topological polar surface area (TPSA) is 61.5 Å². The van der Waals surface area contributed by atoms with Gasteiger partial charge in [0.2, 0.25) is 0 Å². The fourth-order valence-corrected chi connectivity index (χ4v) is 3.85. The summed E-state index contributed by atoms with van der Waals surface area (Å²) < 4.78 is 0. The Morgan fingerprint density at radius 3 is 3.05 bits per heavy atom. The number of thiophene rings is 1. The minimum Gasteiger partial charge on any atom is -0.346 e. The Labute approximate surface area is 125 Å². The van der Waals surface area contributed by atoms with Gasteiger partial charge in [-0.15, -0.1) is 11.3 Å². The number of nitrogens with one attached hydrogen (secondary N) is 2. The van der Waals surface area contributed by atoms with Crippen LogP contribution in [0.2, 0.25) is 0 Å². The average Bonchev–Trinajstić information content (AvgIpc) is 3.16. The predicted octanol–water partition coefficient (Wildman–Crippen LogP) is 1.69. The molecule has 0 radical (unpaired) electrons. The lowest BCUT2D eigenvalue weighted by Gasteiger charge is -1.95. The Morgan fingerprint density at radius 1 is 1.48 bits per heavy atom. The van der Waals surface area contributed by atoms with Crippen molar-refractivity contribution in [2.75, 3.05) is 0 Å². The first-order valence-corrected chi connectivity index (χ1v) is 7.82. The van der Waals surface area contributed by atoms with Gasteiger partial charge in [0.1, 0.15) is 11.3 Å². The van der Waals surface area contributed by atoms with Gasteiger partial charge >= 0.3 is 0 Å². The highest BCUT2D eigenvalue weighted by atomic mass is 32.1. The monoisotopic (exact) mass is 297 g/mol. The van der Waals surface area contributed by atoms with Crippen molar-refractivity contribution in [3.63, 3.8) is 0 Å². The highest BCUT2D eigenvalue weighted by Crippen LogP contribution is 2.44. The molecule has 3 aliphatic rings. The van der Waals surface area contributed by atoms with Crippen molar-refractivity contribution < 1.29 is 0 Å². The molecular formula is C16H15N3OS. The molecule has 21 heavy (non-hydrogen) atoms. The third kappa shape index (κ3) is 2.14. The largest absolute Gasteiger partial charge is 0.346 e. The lowest BCUT2D eigenvalue weighted by atomic mass is 10.2. The summed E-state index contributed by atoms with van der Waals surface area (Å²) in [5.41, 5.74) is 2.49. The van der Waals surface area contributed by atoms with Crippen LogP contribution in [0.4, 0.5) is 0 Å². The van der Waals surface area contributed by atoms with E-state index in [1.807, 2.05) is 6.08 Å². The minimum atomic E-state index is -0.0997. The molecule has 5 heteroatoms. The Kier molecular flexibility index (Phi) is 2.65. The number of aryl methyl sites for hydroxylation is 1. The Bertz CT molecular complexity index is 958. The van der Waals surface area contributed by atoms with E-state index in [-0.39, 0.29) is 5.56 Å². The zero-order valence-electron chi connectivity index (χ0n) is 11.7. The van der Waals surface area contributed by atoms with Crippen LogP contribution in [0.25, 0.3) is 24.0 Å². The van der Waals surface area contributed by atoms with Gasteiger partial charge in [-0.1, -0.05) is 6.58 Å². The lowest BCUT2D eigenvalue weighted by Crippen LogP contribution is -2.21. The number of hydrogen-bond acceptors (Lipinski definition) is 3. The summed E-state index contributed by atoms with van der Waals surface area (Å²) >= 11 is 1.80. The zero-order valence-corrected chi connectivity index (χ0v) is 12.5. The van der Waals surface area contributed by atoms with Gasteiger partial charge in [0, 0.05) is 21.5 Å². The van der Waals surface area contributed by atoms with Gasteiger partial charge in [-0.05, 0) is 43.4 Å². The standard InChI is InChI=1S/C16H15N3OS/c1-8-5-14(10-3-4-10)21-13(8)6-11-12-7-17-9(2)18-15(12)19-16(11)20/h5-7,10,17H,2-4H2,1H3,(H,18,19,20). The van der Waals surface area contributed by atoms with Gasteiger partial charge in [-0.2, -0.15) is 0 Å². The molecule has 3 heterocycles. The SMILES string of the molecule is C=c1nc2[nH]c(=O)c(=Cc3sc(C4CC4)cc3C)c-2c[nH]1. The van der Waals surface area contributed by atoms with Crippen LogP contribution in [-0.2, 0) is 0 Å². The fourth-order valence-electron chi connectivity index (χ4n) is 2.56. The van der Waals surface area contributed by atoms with E-state index in [1.165, 1.54) is 23.3 Å². The first-order valence-electron chi connectivity index (χ1n) is 7.00. The summed E-state index contributed by atoms with van der Waals surface area (Å²) in [4.78, 5) is 24.7. The van der Waals surface area contributed by atoms with E-state index in [2.05, 4.69) is 34.5 Å². The summed E-state index contributed by atoms with van der Waals surface area (Å²) in [7, 11) is 0. The third-order valence-corrected chi connectivity index (χ3v) is 5.23. The molecule has 0 spiro atoms. The summed E-state index contributed by atoms with van der Waals surface area (Å²) in [6, 6.07) is 2.26. The molecule has 1 saturated carbocycles. The molecule has 1 fully saturated rings. The van der Waals surface area contributed by atoms with E-state index in [4.69, 9.17) is 0 Å². The average molecular weight is 297 g/mol. The molecule has 0 unspecified atom stereocenters. The highest BCUT2D eigenvalue weighted by molar-refractivity contribution is 7.13. The van der Waals surface area contributed by atoms with Crippen LogP contribution in [0.1, 0.15) is 34.1 Å². The van der Waals surface area contributed by atoms with Crippen LogP contribution in [0.3, 0.4) is 0 Å². The summed E-state index contributed by atoms with van der Waals surface area (Å²) in [5.74, 6) is 1.33. The molecule has 4 rings (SSSR count). The Hall–Kier alpha value is -2.14. The number of fused-ring (bicyclic) bond motifs is 1. The molecule has 1 aromatic rings. The number of rotatable bonds is 2. The van der Waals surface area contributed by atoms with Crippen LogP contribution in [0.15, 0.2) is 17.1 Å². The maximum Gasteiger partial charge on any atom is 0.257 e. The minimum absolute atomic E-state index is 0.0997. The molecule has 0 bridgehead atoms. The van der Waals surface area contributed by atoms with Crippen LogP contribution >= 0.6 is 11.3 Å². The normalized spacial score (nSPS) is 16.0. The van der Waals surface area contributed by atoms with Crippen molar-refractivity contribution in [3.8, 4) is 11.4 Å². The highest BCUT2D eigenvalue weighted by Gasteiger charge is 2.25. The summed E-state index contributed by atoms with van der Waals surface area (Å²) in [5, 5.41) is 0.668. The summed E-state index contributed by atoms with van der Waals surface area (Å²) in [6.07, 6.45) is 6.36. The molecule has 2 aliphatic heterocycles. The van der Waals surface area contributed by atoms with Crippen molar-refractivity contribution in [2.45, 2.75) is 25.7 Å². The van der Waals surface area contributed by atoms with Crippen molar-refractivity contribution in [3.05, 3.63) is 48.6 Å². The maximum atomic E-state index is 12.2. The van der Waals surface area contributed by atoms with E-state index in [9.17, 15) is 4.79 Å². The number of nitrogens with zero attached hydrogens (tertiary/aromatic N) is 1. The molecular weight excluding hydrogens is 282 g/mol. The van der Waals surface area contributed by atoms with Crippen LogP contribution in [0, 0.1) is 6.92 Å². The lowest BCUT2D eigenvalue weighted by molar-refractivity contribution is 1.07. The maximum absolute atomic E-state index is 12.2. The molecule has 2 N–H and O–H groups in total. The first kappa shape index (κ1) is 12.6. The van der Waals surface area contributed by atoms with Crippen molar-refractivity contribution in [1.82, 2.24) is 15.0 Å². The molecule has 0 amide bonds. The number of H-pyrrole nitrogens is 2. The molecule has 1 aliphatic carbocycles. The first-order chi connectivity index (χ1) is 10.1. The fraction of sp³-hybridized carbons (Fsp3) is 0.250. The van der Waals surface area contributed by atoms with Crippen LogP contribution in [0.5, 0.6) is 0 Å². The second-order valence-corrected chi connectivity index (χ2v) is 6.71. The van der Waals surface area contributed by atoms with E-state index >= 15 is 0 Å². The van der Waals surface area contributed by atoms with E-state index in [1.54, 1.807) is 17.5 Å². The van der Waals surface area contributed by atoms with Gasteiger partial charge in [0.05, 0.1) is 5.22 Å². The van der Waals surface area contributed by atoms with Gasteiger partial charge in [0.15, 0.2) is 0 Å². The van der Waals surface area contributed by atoms with Gasteiger partial charge in [-0.3, -0.25) is 4.79 Å². The molecule has 1 aromatic heterocycles. The smallest absolute Gasteiger partial charge is 0.257 e. The van der Waals surface area contributed by atoms with Crippen molar-refractivity contribution in [2.24, 2.45) is 0 Å². The quantitative estimate of drug-likeness (QED) is 0.756. The van der Waals surface area contributed by atoms with Gasteiger partial charge in [-0.25, -0.2) is 4.98 Å². The Balaban J connectivity index is 1.91. The second-order valence-electron chi connectivity index (χ2n) is 5.59. The van der Waals surface area contributed by atoms with E-state index in [0.29, 0.717) is 16.5 Å². The molecule has 0 atom stereocenters. The predicted molar refractivity (Wildman–Crippen MR) is 85.2 cm³/mol. The zero-order chi connectivity index (χ0) is 14.6. The molecule has 0 aromatic carbocycles. The number of aromatic amines is 2. The third-order valence-electron chi connectivity index (χ3n) is 3.88. The van der Waals surface area contributed by atoms with E-state index in [0.717, 1.165) is 16.4 Å². The van der Waals surface area contributed by atoms with Crippen molar-refractivity contribution in [1.29, 1.82) is 0 Å². The van der Waals surface area contributed by atoms with Crippen molar-refractivity contribution >= 4 is 24.0 Å². The number of aromatic nitrogens is 3. The van der Waals surface area contributed by atoms with Crippen LogP contribution in [-0.4, -0.2) is 15.0 Å². The Morgan fingerprint density at radius 2 is 2.29 bits per heavy atom. The van der Waals surface area contributed by atoms with E-state index < -0.39 is 0 Å². The molecule has 4 nitrogen and oxygen atoms in total. The van der Waals surface area contributed by atoms with Gasteiger partial charge in [0.25, 0.3) is 5.56 Å². The van der Waals surface area contributed by atoms with Crippen LogP contribution < -0.4 is 16.3 Å².